The fraction of sp³-hybridized carbons (Fsp3) is 0.375. The van der Waals surface area contributed by atoms with Gasteiger partial charge in [-0.1, -0.05) is 93.6 Å². The summed E-state index contributed by atoms with van der Waals surface area (Å²) in [4.78, 5) is 29.8. The molecule has 224 valence electrons. The van der Waals surface area contributed by atoms with Crippen LogP contribution in [0.3, 0.4) is 0 Å². The van der Waals surface area contributed by atoms with Crippen LogP contribution in [0.15, 0.2) is 81.7 Å². The van der Waals surface area contributed by atoms with Crippen LogP contribution < -0.4 is 9.62 Å². The fourth-order valence-electron chi connectivity index (χ4n) is 5.28. The number of aryl methyl sites for hydroxylation is 1. The standard InChI is InChI=1S/C32H37Br2N3O4S/c1-23-19-28(17-18-29(23)34)37(42(2,40)41)22-31(38)36(21-25-13-15-26(33)16-14-25)30(20-24-9-5-3-6-10-24)32(39)35-27-11-7-4-8-12-27/h3,5-6,9-10,13-19,27,30H,4,7-8,11-12,20-22H2,1-2H3,(H,35,39)/t30-/m0/s1. The second kappa shape index (κ2) is 14.7. The van der Waals surface area contributed by atoms with E-state index < -0.39 is 28.5 Å². The molecule has 1 aliphatic carbocycles. The van der Waals surface area contributed by atoms with Crippen LogP contribution in [-0.2, 0) is 32.6 Å². The van der Waals surface area contributed by atoms with Crippen LogP contribution in [0.1, 0.15) is 48.8 Å². The minimum absolute atomic E-state index is 0.0624. The molecule has 1 atom stereocenters. The molecule has 1 fully saturated rings. The van der Waals surface area contributed by atoms with Gasteiger partial charge in [0.15, 0.2) is 0 Å². The molecule has 0 unspecified atom stereocenters. The van der Waals surface area contributed by atoms with E-state index in [1.165, 1.54) is 4.90 Å². The summed E-state index contributed by atoms with van der Waals surface area (Å²) in [5, 5.41) is 3.22. The molecule has 42 heavy (non-hydrogen) atoms. The number of sulfonamides is 1. The summed E-state index contributed by atoms with van der Waals surface area (Å²) in [5.74, 6) is -0.676. The molecular formula is C32H37Br2N3O4S. The van der Waals surface area contributed by atoms with E-state index in [0.29, 0.717) is 12.1 Å². The zero-order valence-corrected chi connectivity index (χ0v) is 27.9. The molecule has 0 aromatic heterocycles. The average Bonchev–Trinajstić information content (AvgIpc) is 2.96. The van der Waals surface area contributed by atoms with Crippen LogP contribution in [0.2, 0.25) is 0 Å². The van der Waals surface area contributed by atoms with Gasteiger partial charge in [-0.15, -0.1) is 0 Å². The monoisotopic (exact) mass is 717 g/mol. The van der Waals surface area contributed by atoms with Gasteiger partial charge in [-0.05, 0) is 66.8 Å². The molecule has 0 bridgehead atoms. The van der Waals surface area contributed by atoms with Gasteiger partial charge in [-0.3, -0.25) is 13.9 Å². The summed E-state index contributed by atoms with van der Waals surface area (Å²) >= 11 is 6.92. The van der Waals surface area contributed by atoms with Gasteiger partial charge >= 0.3 is 0 Å². The summed E-state index contributed by atoms with van der Waals surface area (Å²) in [6.07, 6.45) is 6.50. The van der Waals surface area contributed by atoms with Gasteiger partial charge in [0, 0.05) is 28.0 Å². The normalized spacial score (nSPS) is 14.7. The second-order valence-corrected chi connectivity index (χ2v) is 14.6. The predicted octanol–water partition coefficient (Wildman–Crippen LogP) is 6.38. The van der Waals surface area contributed by atoms with Crippen molar-refractivity contribution in [1.29, 1.82) is 0 Å². The second-order valence-electron chi connectivity index (χ2n) is 10.9. The number of carbonyl (C=O) groups excluding carboxylic acids is 2. The van der Waals surface area contributed by atoms with Crippen LogP contribution in [0.5, 0.6) is 0 Å². The summed E-state index contributed by atoms with van der Waals surface area (Å²) < 4.78 is 28.8. The van der Waals surface area contributed by atoms with E-state index in [4.69, 9.17) is 0 Å². The van der Waals surface area contributed by atoms with Gasteiger partial charge < -0.3 is 10.2 Å². The van der Waals surface area contributed by atoms with Gasteiger partial charge in [-0.2, -0.15) is 0 Å². The van der Waals surface area contributed by atoms with E-state index in [1.54, 1.807) is 18.2 Å². The molecule has 0 spiro atoms. The van der Waals surface area contributed by atoms with Crippen molar-refractivity contribution in [3.05, 3.63) is 98.4 Å². The lowest BCUT2D eigenvalue weighted by Crippen LogP contribution is -2.55. The number of rotatable bonds is 11. The quantitative estimate of drug-likeness (QED) is 0.250. The van der Waals surface area contributed by atoms with Crippen molar-refractivity contribution in [3.63, 3.8) is 0 Å². The maximum atomic E-state index is 14.2. The summed E-state index contributed by atoms with van der Waals surface area (Å²) in [6, 6.07) is 21.6. The Morgan fingerprint density at radius 2 is 1.60 bits per heavy atom. The number of halogens is 2. The van der Waals surface area contributed by atoms with Gasteiger partial charge in [0.2, 0.25) is 21.8 Å². The molecule has 3 aromatic carbocycles. The molecule has 0 radical (unpaired) electrons. The number of hydrogen-bond donors (Lipinski definition) is 1. The third kappa shape index (κ3) is 8.91. The van der Waals surface area contributed by atoms with Crippen LogP contribution in [0.4, 0.5) is 5.69 Å². The van der Waals surface area contributed by atoms with E-state index in [2.05, 4.69) is 37.2 Å². The lowest BCUT2D eigenvalue weighted by atomic mass is 9.94. The smallest absolute Gasteiger partial charge is 0.244 e. The van der Waals surface area contributed by atoms with E-state index in [-0.39, 0.29) is 18.5 Å². The van der Waals surface area contributed by atoms with Crippen LogP contribution in [-0.4, -0.2) is 50.0 Å². The topological polar surface area (TPSA) is 86.8 Å². The first-order valence-electron chi connectivity index (χ1n) is 14.1. The van der Waals surface area contributed by atoms with Gasteiger partial charge in [-0.25, -0.2) is 8.42 Å². The third-order valence-corrected chi connectivity index (χ3v) is 10.2. The Kier molecular flexibility index (Phi) is 11.3. The molecular weight excluding hydrogens is 682 g/mol. The van der Waals surface area contributed by atoms with Crippen LogP contribution in [0.25, 0.3) is 0 Å². The summed E-state index contributed by atoms with van der Waals surface area (Å²) in [7, 11) is -3.82. The molecule has 3 aromatic rings. The predicted molar refractivity (Wildman–Crippen MR) is 175 cm³/mol. The highest BCUT2D eigenvalue weighted by Crippen LogP contribution is 2.26. The van der Waals surface area contributed by atoms with Gasteiger partial charge in [0.05, 0.1) is 11.9 Å². The van der Waals surface area contributed by atoms with Crippen molar-refractivity contribution < 1.29 is 18.0 Å². The zero-order valence-electron chi connectivity index (χ0n) is 23.9. The van der Waals surface area contributed by atoms with Crippen molar-refractivity contribution in [2.75, 3.05) is 17.1 Å². The van der Waals surface area contributed by atoms with E-state index >= 15 is 0 Å². The van der Waals surface area contributed by atoms with Crippen molar-refractivity contribution >= 4 is 59.4 Å². The summed E-state index contributed by atoms with van der Waals surface area (Å²) in [5.41, 5.74) is 2.98. The Morgan fingerprint density at radius 3 is 2.21 bits per heavy atom. The molecule has 4 rings (SSSR count). The van der Waals surface area contributed by atoms with Gasteiger partial charge in [0.1, 0.15) is 12.6 Å². The molecule has 10 heteroatoms. The Bertz CT molecular complexity index is 1480. The minimum atomic E-state index is -3.82. The lowest BCUT2D eigenvalue weighted by molar-refractivity contribution is -0.140. The lowest BCUT2D eigenvalue weighted by Gasteiger charge is -2.35. The average molecular weight is 720 g/mol. The Balaban J connectivity index is 1.72. The highest BCUT2D eigenvalue weighted by Gasteiger charge is 2.34. The Labute approximate surface area is 266 Å². The molecule has 1 N–H and O–H groups in total. The van der Waals surface area contributed by atoms with E-state index in [1.807, 2.05) is 61.5 Å². The molecule has 0 aliphatic heterocycles. The highest BCUT2D eigenvalue weighted by atomic mass is 79.9. The maximum absolute atomic E-state index is 14.2. The number of carbonyl (C=O) groups is 2. The van der Waals surface area contributed by atoms with Gasteiger partial charge in [0.25, 0.3) is 0 Å². The molecule has 7 nitrogen and oxygen atoms in total. The van der Waals surface area contributed by atoms with E-state index in [0.717, 1.165) is 68.3 Å². The highest BCUT2D eigenvalue weighted by molar-refractivity contribution is 9.10. The van der Waals surface area contributed by atoms with Crippen molar-refractivity contribution in [2.24, 2.45) is 0 Å². The number of hydrogen-bond acceptors (Lipinski definition) is 4. The SMILES string of the molecule is Cc1cc(N(CC(=O)N(Cc2ccc(Br)cc2)[C@@H](Cc2ccccc2)C(=O)NC2CCCCC2)S(C)(=O)=O)ccc1Br. The molecule has 0 saturated heterocycles. The maximum Gasteiger partial charge on any atom is 0.244 e. The molecule has 2 amide bonds. The van der Waals surface area contributed by atoms with Crippen molar-refractivity contribution in [2.45, 2.75) is 64.1 Å². The third-order valence-electron chi connectivity index (χ3n) is 7.60. The molecule has 1 aliphatic rings. The van der Waals surface area contributed by atoms with Crippen molar-refractivity contribution in [3.8, 4) is 0 Å². The number of nitrogens with one attached hydrogen (secondary N) is 1. The number of amides is 2. The Hall–Kier alpha value is -2.69. The first kappa shape index (κ1) is 32.2. The largest absolute Gasteiger partial charge is 0.352 e. The molecule has 0 heterocycles. The number of nitrogens with zero attached hydrogens (tertiary/aromatic N) is 2. The van der Waals surface area contributed by atoms with Crippen LogP contribution in [0, 0.1) is 6.92 Å². The minimum Gasteiger partial charge on any atom is -0.352 e. The summed E-state index contributed by atoms with van der Waals surface area (Å²) in [6.45, 7) is 1.58. The molecule has 1 saturated carbocycles. The fourth-order valence-corrected chi connectivity index (χ4v) is 6.63. The van der Waals surface area contributed by atoms with Crippen molar-refractivity contribution in [1.82, 2.24) is 10.2 Å². The number of anilines is 1. The van der Waals surface area contributed by atoms with E-state index in [9.17, 15) is 18.0 Å². The zero-order chi connectivity index (χ0) is 30.3. The first-order chi connectivity index (χ1) is 20.0. The Morgan fingerprint density at radius 1 is 0.929 bits per heavy atom. The first-order valence-corrected chi connectivity index (χ1v) is 17.6. The number of benzene rings is 3. The van der Waals surface area contributed by atoms with Crippen LogP contribution >= 0.6 is 31.9 Å².